The molecular weight excluding hydrogens is 222 g/mol. The highest BCUT2D eigenvalue weighted by Crippen LogP contribution is 2.17. The van der Waals surface area contributed by atoms with Crippen LogP contribution in [0.15, 0.2) is 18.2 Å². The summed E-state index contributed by atoms with van der Waals surface area (Å²) in [4.78, 5) is 23.5. The smallest absolute Gasteiger partial charge is 0.337 e. The number of carbonyl (C=O) groups excluding carboxylic acids is 1. The lowest BCUT2D eigenvalue weighted by Gasteiger charge is -2.12. The van der Waals surface area contributed by atoms with Crippen LogP contribution >= 0.6 is 0 Å². The molecule has 0 aliphatic rings. The van der Waals surface area contributed by atoms with Crippen molar-refractivity contribution in [2.45, 2.75) is 0 Å². The molecule has 0 aliphatic heterocycles. The fourth-order valence-corrected chi connectivity index (χ4v) is 1.20. The van der Waals surface area contributed by atoms with E-state index in [1.165, 1.54) is 17.0 Å². The third-order valence-corrected chi connectivity index (χ3v) is 2.22. The van der Waals surface area contributed by atoms with E-state index >= 15 is 0 Å². The molecule has 0 aliphatic carbocycles. The number of aromatic carboxylic acids is 1. The number of carboxylic acids is 1. The van der Waals surface area contributed by atoms with E-state index in [2.05, 4.69) is 5.32 Å². The van der Waals surface area contributed by atoms with E-state index in [4.69, 9.17) is 10.8 Å². The Bertz CT molecular complexity index is 444. The molecule has 0 heterocycles. The number of rotatable bonds is 4. The molecule has 0 saturated heterocycles. The third kappa shape index (κ3) is 3.37. The molecular formula is C11H15N3O3. The SMILES string of the molecule is CN(C)C(=O)CNc1ccc(C(=O)O)c(N)c1. The fourth-order valence-electron chi connectivity index (χ4n) is 1.20. The van der Waals surface area contributed by atoms with E-state index in [9.17, 15) is 9.59 Å². The van der Waals surface area contributed by atoms with Gasteiger partial charge in [-0.2, -0.15) is 0 Å². The number of likely N-dealkylation sites (N-methyl/N-ethyl adjacent to an activating group) is 1. The number of carboxylic acid groups (broad SMARTS) is 1. The van der Waals surface area contributed by atoms with Crippen molar-refractivity contribution < 1.29 is 14.7 Å². The molecule has 0 fully saturated rings. The Kier molecular flexibility index (Phi) is 3.92. The van der Waals surface area contributed by atoms with Crippen molar-refractivity contribution in [2.75, 3.05) is 31.7 Å². The van der Waals surface area contributed by atoms with E-state index in [1.54, 1.807) is 20.2 Å². The van der Waals surface area contributed by atoms with Gasteiger partial charge in [0.15, 0.2) is 0 Å². The van der Waals surface area contributed by atoms with E-state index in [1.807, 2.05) is 0 Å². The highest BCUT2D eigenvalue weighted by Gasteiger charge is 2.08. The Morgan fingerprint density at radius 2 is 2.06 bits per heavy atom. The van der Waals surface area contributed by atoms with Crippen LogP contribution in [0.3, 0.4) is 0 Å². The number of anilines is 2. The minimum Gasteiger partial charge on any atom is -0.478 e. The maximum Gasteiger partial charge on any atom is 0.337 e. The Balaban J connectivity index is 2.71. The van der Waals surface area contributed by atoms with Crippen LogP contribution < -0.4 is 11.1 Å². The van der Waals surface area contributed by atoms with E-state index in [0.29, 0.717) is 5.69 Å². The van der Waals surface area contributed by atoms with Crippen molar-refractivity contribution >= 4 is 23.3 Å². The van der Waals surface area contributed by atoms with Gasteiger partial charge in [0.1, 0.15) is 0 Å². The van der Waals surface area contributed by atoms with E-state index in [-0.39, 0.29) is 23.7 Å². The van der Waals surface area contributed by atoms with Crippen molar-refractivity contribution in [1.82, 2.24) is 4.90 Å². The van der Waals surface area contributed by atoms with Crippen LogP contribution in [0.4, 0.5) is 11.4 Å². The molecule has 6 heteroatoms. The first-order valence-electron chi connectivity index (χ1n) is 4.98. The van der Waals surface area contributed by atoms with Gasteiger partial charge in [0.05, 0.1) is 12.1 Å². The fraction of sp³-hybridized carbons (Fsp3) is 0.273. The molecule has 1 aromatic carbocycles. The van der Waals surface area contributed by atoms with Crippen LogP contribution in [-0.2, 0) is 4.79 Å². The molecule has 0 spiro atoms. The summed E-state index contributed by atoms with van der Waals surface area (Å²) in [5.41, 5.74) is 6.40. The summed E-state index contributed by atoms with van der Waals surface area (Å²) in [5, 5.41) is 11.7. The lowest BCUT2D eigenvalue weighted by molar-refractivity contribution is -0.126. The normalized spacial score (nSPS) is 9.76. The largest absolute Gasteiger partial charge is 0.478 e. The molecule has 17 heavy (non-hydrogen) atoms. The summed E-state index contributed by atoms with van der Waals surface area (Å²) in [6.07, 6.45) is 0. The second-order valence-corrected chi connectivity index (χ2v) is 3.75. The predicted octanol–water partition coefficient (Wildman–Crippen LogP) is 0.467. The van der Waals surface area contributed by atoms with Crippen molar-refractivity contribution in [3.8, 4) is 0 Å². The van der Waals surface area contributed by atoms with E-state index in [0.717, 1.165) is 0 Å². The second kappa shape index (κ2) is 5.20. The molecule has 0 saturated carbocycles. The summed E-state index contributed by atoms with van der Waals surface area (Å²) in [6.45, 7) is 0.138. The molecule has 1 rings (SSSR count). The molecule has 6 nitrogen and oxygen atoms in total. The van der Waals surface area contributed by atoms with Crippen molar-refractivity contribution in [3.63, 3.8) is 0 Å². The zero-order chi connectivity index (χ0) is 13.0. The van der Waals surface area contributed by atoms with Crippen molar-refractivity contribution in [2.24, 2.45) is 0 Å². The lowest BCUT2D eigenvalue weighted by atomic mass is 10.1. The van der Waals surface area contributed by atoms with Gasteiger partial charge in [-0.3, -0.25) is 4.79 Å². The quantitative estimate of drug-likeness (QED) is 0.661. The lowest BCUT2D eigenvalue weighted by Crippen LogP contribution is -2.28. The minimum atomic E-state index is -1.07. The Hall–Kier alpha value is -2.24. The number of amides is 1. The van der Waals surface area contributed by atoms with Crippen LogP contribution in [0, 0.1) is 0 Å². The maximum absolute atomic E-state index is 11.3. The summed E-state index contributed by atoms with van der Waals surface area (Å²) in [7, 11) is 3.32. The monoisotopic (exact) mass is 237 g/mol. The zero-order valence-corrected chi connectivity index (χ0v) is 9.73. The number of nitrogen functional groups attached to an aromatic ring is 1. The molecule has 1 aromatic rings. The summed E-state index contributed by atoms with van der Waals surface area (Å²) in [5.74, 6) is -1.15. The first kappa shape index (κ1) is 12.8. The zero-order valence-electron chi connectivity index (χ0n) is 9.73. The van der Waals surface area contributed by atoms with Crippen LogP contribution in [0.1, 0.15) is 10.4 Å². The van der Waals surface area contributed by atoms with Gasteiger partial charge < -0.3 is 21.1 Å². The average molecular weight is 237 g/mol. The molecule has 92 valence electrons. The Morgan fingerprint density at radius 3 is 2.53 bits per heavy atom. The van der Waals surface area contributed by atoms with Gasteiger partial charge in [-0.15, -0.1) is 0 Å². The molecule has 1 amide bonds. The van der Waals surface area contributed by atoms with Gasteiger partial charge >= 0.3 is 5.97 Å². The molecule has 0 bridgehead atoms. The topological polar surface area (TPSA) is 95.7 Å². The van der Waals surface area contributed by atoms with Crippen LogP contribution in [0.5, 0.6) is 0 Å². The number of nitrogens with two attached hydrogens (primary N) is 1. The number of hydrogen-bond donors (Lipinski definition) is 3. The Labute approximate surface area is 99.0 Å². The van der Waals surface area contributed by atoms with E-state index < -0.39 is 5.97 Å². The summed E-state index contributed by atoms with van der Waals surface area (Å²) < 4.78 is 0. The van der Waals surface area contributed by atoms with Crippen LogP contribution in [0.2, 0.25) is 0 Å². The first-order valence-corrected chi connectivity index (χ1v) is 4.98. The molecule has 0 radical (unpaired) electrons. The van der Waals surface area contributed by atoms with Gasteiger partial charge in [-0.25, -0.2) is 4.79 Å². The van der Waals surface area contributed by atoms with Crippen LogP contribution in [-0.4, -0.2) is 42.5 Å². The standard InChI is InChI=1S/C11H15N3O3/c1-14(2)10(15)6-13-7-3-4-8(11(16)17)9(12)5-7/h3-5,13H,6,12H2,1-2H3,(H,16,17). The number of benzene rings is 1. The average Bonchev–Trinajstić information content (AvgIpc) is 2.25. The van der Waals surface area contributed by atoms with Crippen LogP contribution in [0.25, 0.3) is 0 Å². The van der Waals surface area contributed by atoms with Crippen molar-refractivity contribution in [1.29, 1.82) is 0 Å². The number of hydrogen-bond acceptors (Lipinski definition) is 4. The second-order valence-electron chi connectivity index (χ2n) is 3.75. The molecule has 0 atom stereocenters. The highest BCUT2D eigenvalue weighted by molar-refractivity contribution is 5.94. The number of carbonyl (C=O) groups is 2. The third-order valence-electron chi connectivity index (χ3n) is 2.22. The van der Waals surface area contributed by atoms with Gasteiger partial charge in [0, 0.05) is 25.5 Å². The van der Waals surface area contributed by atoms with Gasteiger partial charge in [0.2, 0.25) is 5.91 Å². The summed E-state index contributed by atoms with van der Waals surface area (Å²) in [6, 6.07) is 4.47. The Morgan fingerprint density at radius 1 is 1.41 bits per heavy atom. The predicted molar refractivity (Wildman–Crippen MR) is 65.0 cm³/mol. The molecule has 0 unspecified atom stereocenters. The highest BCUT2D eigenvalue weighted by atomic mass is 16.4. The minimum absolute atomic E-state index is 0.0505. The number of nitrogens with zero attached hydrogens (tertiary/aromatic N) is 1. The van der Waals surface area contributed by atoms with Gasteiger partial charge in [-0.1, -0.05) is 0 Å². The van der Waals surface area contributed by atoms with Crippen molar-refractivity contribution in [3.05, 3.63) is 23.8 Å². The molecule has 4 N–H and O–H groups in total. The first-order chi connectivity index (χ1) is 7.91. The van der Waals surface area contributed by atoms with Gasteiger partial charge in [-0.05, 0) is 18.2 Å². The van der Waals surface area contributed by atoms with Gasteiger partial charge in [0.25, 0.3) is 0 Å². The maximum atomic E-state index is 11.3. The molecule has 0 aromatic heterocycles. The number of nitrogens with one attached hydrogen (secondary N) is 1. The summed E-state index contributed by atoms with van der Waals surface area (Å²) >= 11 is 0.